The van der Waals surface area contributed by atoms with Crippen LogP contribution in [0.3, 0.4) is 0 Å². The quantitative estimate of drug-likeness (QED) is 0.453. The number of halogens is 2. The topological polar surface area (TPSA) is 77.0 Å². The van der Waals surface area contributed by atoms with Crippen molar-refractivity contribution in [3.8, 4) is 17.1 Å². The molecule has 0 saturated carbocycles. The third-order valence-electron chi connectivity index (χ3n) is 5.53. The number of ketones is 1. The molecule has 5 rings (SSSR count). The van der Waals surface area contributed by atoms with E-state index in [9.17, 15) is 4.79 Å². The Morgan fingerprint density at radius 3 is 2.78 bits per heavy atom. The predicted molar refractivity (Wildman–Crippen MR) is 117 cm³/mol. The lowest BCUT2D eigenvalue weighted by Gasteiger charge is -2.42. The number of hydrogen-bond acceptors (Lipinski definition) is 7. The van der Waals surface area contributed by atoms with Crippen LogP contribution in [-0.4, -0.2) is 45.3 Å². The molecule has 0 bridgehead atoms. The Kier molecular flexibility index (Phi) is 5.15. The van der Waals surface area contributed by atoms with E-state index in [1.54, 1.807) is 41.2 Å². The molecule has 3 aromatic heterocycles. The molecule has 1 unspecified atom stereocenters. The normalized spacial score (nSPS) is 20.2. The summed E-state index contributed by atoms with van der Waals surface area (Å²) in [5.74, 6) is -4.40. The lowest BCUT2D eigenvalue weighted by atomic mass is 9.82. The summed E-state index contributed by atoms with van der Waals surface area (Å²) in [5, 5.41) is 5.48. The van der Waals surface area contributed by atoms with Crippen LogP contribution in [-0.2, 0) is 0 Å². The lowest BCUT2D eigenvalue weighted by Crippen LogP contribution is -2.67. The van der Waals surface area contributed by atoms with Gasteiger partial charge < -0.3 is 10.1 Å². The zero-order valence-corrected chi connectivity index (χ0v) is 17.6. The number of fused-ring (bicyclic) bond motifs is 1. The number of para-hydroxylation sites is 1. The third kappa shape index (κ3) is 3.43. The van der Waals surface area contributed by atoms with Gasteiger partial charge in [0.2, 0.25) is 17.3 Å². The maximum Gasteiger partial charge on any atom is 0.297 e. The largest absolute Gasteiger partial charge is 0.455 e. The Balaban J connectivity index is 1.62. The summed E-state index contributed by atoms with van der Waals surface area (Å²) in [4.78, 5) is 26.5. The number of nitrogens with zero attached hydrogens (tertiary/aromatic N) is 3. The van der Waals surface area contributed by atoms with E-state index in [-0.39, 0.29) is 24.7 Å². The van der Waals surface area contributed by atoms with Crippen molar-refractivity contribution in [3.63, 3.8) is 0 Å². The van der Waals surface area contributed by atoms with Gasteiger partial charge in [0.15, 0.2) is 0 Å². The molecule has 4 aromatic rings. The van der Waals surface area contributed by atoms with Crippen molar-refractivity contribution in [2.45, 2.75) is 17.9 Å². The summed E-state index contributed by atoms with van der Waals surface area (Å²) < 4.78 is 36.8. The highest BCUT2D eigenvalue weighted by Gasteiger charge is 2.63. The number of pyridine rings is 2. The molecule has 9 heteroatoms. The fraction of sp³-hybridized carbons (Fsp3) is 0.217. The molecular weight excluding hydrogens is 434 g/mol. The van der Waals surface area contributed by atoms with Gasteiger partial charge in [-0.1, -0.05) is 18.2 Å². The van der Waals surface area contributed by atoms with Gasteiger partial charge in [0.25, 0.3) is 5.92 Å². The summed E-state index contributed by atoms with van der Waals surface area (Å²) in [6.07, 6.45) is 0.852. The molecule has 32 heavy (non-hydrogen) atoms. The molecule has 0 amide bonds. The Morgan fingerprint density at radius 1 is 1.09 bits per heavy atom. The fourth-order valence-corrected chi connectivity index (χ4v) is 4.41. The molecule has 0 radical (unpaired) electrons. The van der Waals surface area contributed by atoms with Crippen LogP contribution in [0.2, 0.25) is 0 Å². The number of carbonyl (C=O) groups excluding carboxylic acids is 1. The predicted octanol–water partition coefficient (Wildman–Crippen LogP) is 4.38. The van der Waals surface area contributed by atoms with Gasteiger partial charge in [-0.3, -0.25) is 9.78 Å². The number of piperidine rings is 1. The molecule has 1 aromatic carbocycles. The number of alkyl halides is 2. The summed E-state index contributed by atoms with van der Waals surface area (Å²) in [7, 11) is 0. The van der Waals surface area contributed by atoms with E-state index in [1.807, 2.05) is 12.1 Å². The Hall–Kier alpha value is -3.30. The van der Waals surface area contributed by atoms with Crippen LogP contribution in [0, 0.1) is 0 Å². The molecule has 1 aliphatic rings. The van der Waals surface area contributed by atoms with E-state index in [0.717, 1.165) is 5.39 Å². The van der Waals surface area contributed by atoms with E-state index in [1.165, 1.54) is 23.6 Å². The van der Waals surface area contributed by atoms with Crippen LogP contribution < -0.4 is 10.1 Å². The second kappa shape index (κ2) is 7.99. The highest BCUT2D eigenvalue weighted by molar-refractivity contribution is 7.07. The number of ether oxygens (including phenoxy) is 1. The van der Waals surface area contributed by atoms with Gasteiger partial charge in [-0.15, -0.1) is 11.3 Å². The average molecular weight is 452 g/mol. The molecule has 1 fully saturated rings. The Labute approximate surface area is 186 Å². The average Bonchev–Trinajstić information content (AvgIpc) is 3.35. The maximum absolute atomic E-state index is 15.5. The molecular formula is C23H18F2N4O2S. The third-order valence-corrected chi connectivity index (χ3v) is 6.12. The fourth-order valence-electron chi connectivity index (χ4n) is 3.86. The van der Waals surface area contributed by atoms with Gasteiger partial charge in [0.05, 0.1) is 16.7 Å². The number of hydrogen-bond donors (Lipinski definition) is 1. The first-order valence-corrected chi connectivity index (χ1v) is 11.0. The molecule has 0 aliphatic carbocycles. The van der Waals surface area contributed by atoms with Gasteiger partial charge in [-0.05, 0) is 24.3 Å². The molecule has 1 N–H and O–H groups in total. The SMILES string of the molecule is O=C(c1ncccc1-c1cscn1)C1(Oc2ccc3ccccc3n2)CNCCC1(F)F. The Morgan fingerprint density at radius 2 is 1.97 bits per heavy atom. The maximum atomic E-state index is 15.5. The monoisotopic (exact) mass is 452 g/mol. The van der Waals surface area contributed by atoms with Crippen LogP contribution in [0.5, 0.6) is 5.88 Å². The summed E-state index contributed by atoms with van der Waals surface area (Å²) in [6, 6.07) is 13.8. The summed E-state index contributed by atoms with van der Waals surface area (Å²) in [5.41, 5.74) is 0.466. The van der Waals surface area contributed by atoms with Crippen LogP contribution in [0.15, 0.2) is 65.6 Å². The van der Waals surface area contributed by atoms with E-state index in [0.29, 0.717) is 16.8 Å². The molecule has 1 saturated heterocycles. The van der Waals surface area contributed by atoms with Crippen molar-refractivity contribution >= 4 is 28.0 Å². The summed E-state index contributed by atoms with van der Waals surface area (Å²) >= 11 is 1.34. The molecule has 6 nitrogen and oxygen atoms in total. The van der Waals surface area contributed by atoms with Gasteiger partial charge in [0, 0.05) is 48.1 Å². The smallest absolute Gasteiger partial charge is 0.297 e. The van der Waals surface area contributed by atoms with Crippen molar-refractivity contribution < 1.29 is 18.3 Å². The summed E-state index contributed by atoms with van der Waals surface area (Å²) in [6.45, 7) is -0.307. The molecule has 4 heterocycles. The van der Waals surface area contributed by atoms with E-state index in [4.69, 9.17) is 4.74 Å². The van der Waals surface area contributed by atoms with Crippen LogP contribution in [0.1, 0.15) is 16.9 Å². The van der Waals surface area contributed by atoms with E-state index in [2.05, 4.69) is 20.3 Å². The van der Waals surface area contributed by atoms with Crippen molar-refractivity contribution in [1.29, 1.82) is 0 Å². The van der Waals surface area contributed by atoms with Crippen molar-refractivity contribution in [3.05, 3.63) is 71.3 Å². The second-order valence-electron chi connectivity index (χ2n) is 7.50. The number of rotatable bonds is 5. The number of thiazole rings is 1. The van der Waals surface area contributed by atoms with Crippen molar-refractivity contribution in [2.75, 3.05) is 13.1 Å². The van der Waals surface area contributed by atoms with E-state index >= 15 is 8.78 Å². The van der Waals surface area contributed by atoms with Gasteiger partial charge in [-0.2, -0.15) is 0 Å². The van der Waals surface area contributed by atoms with Crippen molar-refractivity contribution in [1.82, 2.24) is 20.3 Å². The number of nitrogens with one attached hydrogen (secondary N) is 1. The molecule has 1 aliphatic heterocycles. The van der Waals surface area contributed by atoms with Crippen LogP contribution >= 0.6 is 11.3 Å². The molecule has 162 valence electrons. The Bertz CT molecular complexity index is 1280. The minimum Gasteiger partial charge on any atom is -0.455 e. The highest BCUT2D eigenvalue weighted by atomic mass is 32.1. The molecule has 1 atom stereocenters. The number of aromatic nitrogens is 3. The number of benzene rings is 1. The first kappa shape index (κ1) is 20.6. The first-order chi connectivity index (χ1) is 15.5. The first-order valence-electron chi connectivity index (χ1n) is 10.0. The lowest BCUT2D eigenvalue weighted by molar-refractivity contribution is -0.155. The number of carbonyl (C=O) groups is 1. The van der Waals surface area contributed by atoms with Crippen LogP contribution in [0.25, 0.3) is 22.2 Å². The van der Waals surface area contributed by atoms with E-state index < -0.39 is 23.7 Å². The van der Waals surface area contributed by atoms with Crippen molar-refractivity contribution in [2.24, 2.45) is 0 Å². The zero-order chi connectivity index (χ0) is 22.2. The van der Waals surface area contributed by atoms with Gasteiger partial charge in [-0.25, -0.2) is 18.7 Å². The minimum absolute atomic E-state index is 0.0495. The second-order valence-corrected chi connectivity index (χ2v) is 8.22. The minimum atomic E-state index is -3.44. The van der Waals surface area contributed by atoms with Crippen LogP contribution in [0.4, 0.5) is 8.78 Å². The van der Waals surface area contributed by atoms with Gasteiger partial charge in [0.1, 0.15) is 5.69 Å². The standard InChI is InChI=1S/C23H18F2N4O2S/c24-23(25)9-11-26-13-22(23,31-19-8-7-15-4-1-2-6-17(15)29-19)21(30)20-16(5-3-10-27-20)18-12-32-14-28-18/h1-8,10,12,14,26H,9,11,13H2. The highest BCUT2D eigenvalue weighted by Crippen LogP contribution is 2.41. The number of Topliss-reactive ketones (excluding diaryl/α,β-unsaturated/α-hetero) is 1. The van der Waals surface area contributed by atoms with Gasteiger partial charge >= 0.3 is 0 Å². The zero-order valence-electron chi connectivity index (χ0n) is 16.8. The molecule has 0 spiro atoms.